The standard InChI is InChI=1S/C20H18ClF3N2O2/c21-16-3-1-2-14(12-16)4-7-19(27)25-17-13-15(20(22,23)24)5-6-18(17)26-8-10-28-11-9-26/h1-7,12-13H,8-11H2,(H,25,27)/b7-4+. The predicted molar refractivity (Wildman–Crippen MR) is 104 cm³/mol. The van der Waals surface area contributed by atoms with Crippen molar-refractivity contribution in [2.45, 2.75) is 6.18 Å². The Morgan fingerprint density at radius 2 is 1.89 bits per heavy atom. The molecule has 4 nitrogen and oxygen atoms in total. The number of benzene rings is 2. The number of rotatable bonds is 4. The summed E-state index contributed by atoms with van der Waals surface area (Å²) in [4.78, 5) is 14.2. The van der Waals surface area contributed by atoms with Crippen molar-refractivity contribution in [3.05, 3.63) is 64.7 Å². The number of halogens is 4. The number of hydrogen-bond acceptors (Lipinski definition) is 3. The van der Waals surface area contributed by atoms with Gasteiger partial charge in [-0.15, -0.1) is 0 Å². The van der Waals surface area contributed by atoms with Gasteiger partial charge in [-0.3, -0.25) is 4.79 Å². The molecule has 0 aromatic heterocycles. The lowest BCUT2D eigenvalue weighted by atomic mass is 10.1. The summed E-state index contributed by atoms with van der Waals surface area (Å²) in [7, 11) is 0. The molecular formula is C20H18ClF3N2O2. The van der Waals surface area contributed by atoms with Gasteiger partial charge in [-0.2, -0.15) is 13.2 Å². The van der Waals surface area contributed by atoms with Gasteiger partial charge in [-0.1, -0.05) is 23.7 Å². The highest BCUT2D eigenvalue weighted by molar-refractivity contribution is 6.30. The van der Waals surface area contributed by atoms with E-state index < -0.39 is 17.6 Å². The second kappa shape index (κ2) is 8.67. The van der Waals surface area contributed by atoms with Gasteiger partial charge in [-0.25, -0.2) is 0 Å². The third-order valence-electron chi connectivity index (χ3n) is 4.21. The van der Waals surface area contributed by atoms with E-state index in [1.165, 1.54) is 12.1 Å². The molecule has 3 rings (SSSR count). The van der Waals surface area contributed by atoms with Crippen LogP contribution in [-0.4, -0.2) is 32.2 Å². The third kappa shape index (κ3) is 5.27. The van der Waals surface area contributed by atoms with E-state index in [1.54, 1.807) is 30.3 Å². The van der Waals surface area contributed by atoms with Crippen molar-refractivity contribution in [3.63, 3.8) is 0 Å². The highest BCUT2D eigenvalue weighted by Gasteiger charge is 2.31. The number of nitrogens with zero attached hydrogens (tertiary/aromatic N) is 1. The minimum absolute atomic E-state index is 0.109. The molecule has 1 fully saturated rings. The molecule has 2 aromatic rings. The molecule has 1 N–H and O–H groups in total. The lowest BCUT2D eigenvalue weighted by Crippen LogP contribution is -2.36. The van der Waals surface area contributed by atoms with Crippen molar-refractivity contribution >= 4 is 35.0 Å². The van der Waals surface area contributed by atoms with Gasteiger partial charge in [0, 0.05) is 24.2 Å². The maximum Gasteiger partial charge on any atom is 0.416 e. The van der Waals surface area contributed by atoms with Gasteiger partial charge in [0.05, 0.1) is 30.2 Å². The number of alkyl halides is 3. The molecule has 0 atom stereocenters. The first-order valence-corrected chi connectivity index (χ1v) is 8.99. The van der Waals surface area contributed by atoms with E-state index in [0.29, 0.717) is 42.6 Å². The summed E-state index contributed by atoms with van der Waals surface area (Å²) in [5.74, 6) is -0.534. The van der Waals surface area contributed by atoms with Crippen molar-refractivity contribution in [1.29, 1.82) is 0 Å². The molecule has 1 amide bonds. The molecule has 1 aliphatic heterocycles. The Kier molecular flexibility index (Phi) is 6.26. The molecule has 0 spiro atoms. The molecule has 1 heterocycles. The highest BCUT2D eigenvalue weighted by Crippen LogP contribution is 2.35. The normalized spacial score (nSPS) is 15.1. The fraction of sp³-hybridized carbons (Fsp3) is 0.250. The molecule has 0 unspecified atom stereocenters. The average Bonchev–Trinajstić information content (AvgIpc) is 2.66. The van der Waals surface area contributed by atoms with Gasteiger partial charge in [-0.05, 0) is 42.0 Å². The fourth-order valence-electron chi connectivity index (χ4n) is 2.85. The first-order valence-electron chi connectivity index (χ1n) is 8.61. The summed E-state index contributed by atoms with van der Waals surface area (Å²) in [6.07, 6.45) is -1.70. The maximum absolute atomic E-state index is 13.1. The van der Waals surface area contributed by atoms with Crippen molar-refractivity contribution < 1.29 is 22.7 Å². The van der Waals surface area contributed by atoms with E-state index in [9.17, 15) is 18.0 Å². The van der Waals surface area contributed by atoms with Gasteiger partial charge in [0.15, 0.2) is 0 Å². The lowest BCUT2D eigenvalue weighted by molar-refractivity contribution is -0.137. The molecule has 2 aromatic carbocycles. The fourth-order valence-corrected chi connectivity index (χ4v) is 3.05. The smallest absolute Gasteiger partial charge is 0.378 e. The summed E-state index contributed by atoms with van der Waals surface area (Å²) in [5.41, 5.74) is 0.525. The number of carbonyl (C=O) groups is 1. The van der Waals surface area contributed by atoms with Gasteiger partial charge in [0.2, 0.25) is 5.91 Å². The Morgan fingerprint density at radius 1 is 1.14 bits per heavy atom. The Morgan fingerprint density at radius 3 is 2.57 bits per heavy atom. The van der Waals surface area contributed by atoms with Gasteiger partial charge < -0.3 is 15.0 Å². The van der Waals surface area contributed by atoms with E-state index in [-0.39, 0.29) is 5.69 Å². The largest absolute Gasteiger partial charge is 0.416 e. The van der Waals surface area contributed by atoms with E-state index in [0.717, 1.165) is 12.1 Å². The number of morpholine rings is 1. The highest BCUT2D eigenvalue weighted by atomic mass is 35.5. The first-order chi connectivity index (χ1) is 13.3. The number of hydrogen-bond donors (Lipinski definition) is 1. The van der Waals surface area contributed by atoms with Crippen LogP contribution in [0.1, 0.15) is 11.1 Å². The zero-order valence-electron chi connectivity index (χ0n) is 14.8. The molecular weight excluding hydrogens is 393 g/mol. The molecule has 1 aliphatic rings. The Balaban J connectivity index is 1.84. The number of ether oxygens (including phenoxy) is 1. The monoisotopic (exact) mass is 410 g/mol. The zero-order chi connectivity index (χ0) is 20.1. The predicted octanol–water partition coefficient (Wildman–Crippen LogP) is 4.85. The molecule has 8 heteroatoms. The van der Waals surface area contributed by atoms with Gasteiger partial charge in [0.1, 0.15) is 0 Å². The minimum atomic E-state index is -4.50. The van der Waals surface area contributed by atoms with Crippen LogP contribution in [0, 0.1) is 0 Å². The molecule has 1 saturated heterocycles. The summed E-state index contributed by atoms with van der Waals surface area (Å²) in [6, 6.07) is 10.2. The van der Waals surface area contributed by atoms with Crippen LogP contribution in [0.15, 0.2) is 48.5 Å². The lowest BCUT2D eigenvalue weighted by Gasteiger charge is -2.30. The Hall–Kier alpha value is -2.51. The van der Waals surface area contributed by atoms with Crippen LogP contribution in [0.4, 0.5) is 24.5 Å². The quantitative estimate of drug-likeness (QED) is 0.733. The Bertz CT molecular complexity index is 878. The average molecular weight is 411 g/mol. The molecule has 28 heavy (non-hydrogen) atoms. The topological polar surface area (TPSA) is 41.6 Å². The van der Waals surface area contributed by atoms with E-state index in [4.69, 9.17) is 16.3 Å². The maximum atomic E-state index is 13.1. The van der Waals surface area contributed by atoms with Crippen LogP contribution < -0.4 is 10.2 Å². The number of carbonyl (C=O) groups excluding carboxylic acids is 1. The van der Waals surface area contributed by atoms with E-state index in [2.05, 4.69) is 5.32 Å². The third-order valence-corrected chi connectivity index (χ3v) is 4.44. The second-order valence-corrected chi connectivity index (χ2v) is 6.64. The molecule has 0 radical (unpaired) electrons. The van der Waals surface area contributed by atoms with Crippen molar-refractivity contribution in [1.82, 2.24) is 0 Å². The summed E-state index contributed by atoms with van der Waals surface area (Å²) in [5, 5.41) is 3.09. The summed E-state index contributed by atoms with van der Waals surface area (Å²) in [6.45, 7) is 2.02. The van der Waals surface area contributed by atoms with Crippen molar-refractivity contribution in [2.24, 2.45) is 0 Å². The zero-order valence-corrected chi connectivity index (χ0v) is 15.6. The second-order valence-electron chi connectivity index (χ2n) is 6.21. The number of anilines is 2. The van der Waals surface area contributed by atoms with Crippen molar-refractivity contribution in [2.75, 3.05) is 36.5 Å². The van der Waals surface area contributed by atoms with Gasteiger partial charge >= 0.3 is 6.18 Å². The van der Waals surface area contributed by atoms with Crippen LogP contribution >= 0.6 is 11.6 Å². The van der Waals surface area contributed by atoms with Crippen LogP contribution in [-0.2, 0) is 15.7 Å². The number of amides is 1. The first kappa shape index (κ1) is 20.2. The molecule has 0 bridgehead atoms. The van der Waals surface area contributed by atoms with E-state index in [1.807, 2.05) is 4.90 Å². The van der Waals surface area contributed by atoms with Crippen LogP contribution in [0.25, 0.3) is 6.08 Å². The summed E-state index contributed by atoms with van der Waals surface area (Å²) < 4.78 is 44.6. The molecule has 0 aliphatic carbocycles. The Labute approximate surface area is 165 Å². The minimum Gasteiger partial charge on any atom is -0.378 e. The van der Waals surface area contributed by atoms with Gasteiger partial charge in [0.25, 0.3) is 0 Å². The van der Waals surface area contributed by atoms with Crippen LogP contribution in [0.5, 0.6) is 0 Å². The molecule has 0 saturated carbocycles. The van der Waals surface area contributed by atoms with Crippen LogP contribution in [0.2, 0.25) is 5.02 Å². The van der Waals surface area contributed by atoms with Crippen molar-refractivity contribution in [3.8, 4) is 0 Å². The SMILES string of the molecule is O=C(/C=C/c1cccc(Cl)c1)Nc1cc(C(F)(F)F)ccc1N1CCOCC1. The molecule has 148 valence electrons. The van der Waals surface area contributed by atoms with Crippen LogP contribution in [0.3, 0.4) is 0 Å². The van der Waals surface area contributed by atoms with E-state index >= 15 is 0 Å². The number of nitrogens with one attached hydrogen (secondary N) is 1. The summed E-state index contributed by atoms with van der Waals surface area (Å²) >= 11 is 5.90.